The summed E-state index contributed by atoms with van der Waals surface area (Å²) in [6, 6.07) is 0.654. The fraction of sp³-hybridized carbons (Fsp3) is 1.00. The van der Waals surface area contributed by atoms with Crippen LogP contribution < -0.4 is 5.32 Å². The molecule has 0 spiro atoms. The zero-order valence-corrected chi connectivity index (χ0v) is 8.15. The molecule has 1 aliphatic heterocycles. The third-order valence-electron chi connectivity index (χ3n) is 2.42. The topological polar surface area (TPSA) is 15.3 Å². The molecule has 0 unspecified atom stereocenters. The lowest BCUT2D eigenvalue weighted by Gasteiger charge is -2.38. The van der Waals surface area contributed by atoms with Gasteiger partial charge in [0.25, 0.3) is 0 Å². The Balaban J connectivity index is 2.46. The molecule has 1 N–H and O–H groups in total. The van der Waals surface area contributed by atoms with E-state index in [4.69, 9.17) is 0 Å². The Bertz CT molecular complexity index is 126. The Labute approximate surface area is 70.0 Å². The van der Waals surface area contributed by atoms with E-state index in [1.165, 1.54) is 13.1 Å². The standard InChI is InChI=1S/C9H20N2/c1-9(2,3)8-7-11(4)6-5-10-8/h8,10H,5-7H2,1-4H3/t8-/m1/s1. The number of nitrogens with one attached hydrogen (secondary N) is 1. The summed E-state index contributed by atoms with van der Waals surface area (Å²) in [4.78, 5) is 2.40. The highest BCUT2D eigenvalue weighted by Gasteiger charge is 2.27. The van der Waals surface area contributed by atoms with Gasteiger partial charge in [-0.05, 0) is 12.5 Å². The molecule has 1 fully saturated rings. The van der Waals surface area contributed by atoms with E-state index in [1.807, 2.05) is 0 Å². The van der Waals surface area contributed by atoms with Gasteiger partial charge in [0.1, 0.15) is 0 Å². The Morgan fingerprint density at radius 1 is 1.36 bits per heavy atom. The maximum Gasteiger partial charge on any atom is 0.0243 e. The Kier molecular flexibility index (Phi) is 2.55. The molecule has 0 saturated carbocycles. The molecule has 11 heavy (non-hydrogen) atoms. The van der Waals surface area contributed by atoms with Crippen molar-refractivity contribution in [3.63, 3.8) is 0 Å². The van der Waals surface area contributed by atoms with Crippen LogP contribution in [0.3, 0.4) is 0 Å². The first-order valence-electron chi connectivity index (χ1n) is 4.42. The average Bonchev–Trinajstić information content (AvgIpc) is 1.86. The number of likely N-dealkylation sites (N-methyl/N-ethyl adjacent to an activating group) is 1. The molecular weight excluding hydrogens is 136 g/mol. The van der Waals surface area contributed by atoms with E-state index >= 15 is 0 Å². The first-order chi connectivity index (χ1) is 5.00. The number of nitrogens with zero attached hydrogens (tertiary/aromatic N) is 1. The van der Waals surface area contributed by atoms with Crippen molar-refractivity contribution < 1.29 is 0 Å². The largest absolute Gasteiger partial charge is 0.311 e. The Hall–Kier alpha value is -0.0800. The van der Waals surface area contributed by atoms with E-state index in [0.29, 0.717) is 11.5 Å². The molecule has 0 aromatic rings. The molecule has 0 radical (unpaired) electrons. The van der Waals surface area contributed by atoms with Crippen LogP contribution in [0.15, 0.2) is 0 Å². The smallest absolute Gasteiger partial charge is 0.0243 e. The highest BCUT2D eigenvalue weighted by molar-refractivity contribution is 4.85. The summed E-state index contributed by atoms with van der Waals surface area (Å²) in [5, 5.41) is 3.55. The van der Waals surface area contributed by atoms with Crippen molar-refractivity contribution in [3.05, 3.63) is 0 Å². The highest BCUT2D eigenvalue weighted by atomic mass is 15.2. The van der Waals surface area contributed by atoms with Crippen molar-refractivity contribution in [3.8, 4) is 0 Å². The molecule has 0 aromatic heterocycles. The minimum Gasteiger partial charge on any atom is -0.311 e. The van der Waals surface area contributed by atoms with Gasteiger partial charge < -0.3 is 10.2 Å². The molecular formula is C9H20N2. The van der Waals surface area contributed by atoms with Crippen LogP contribution in [0.4, 0.5) is 0 Å². The van der Waals surface area contributed by atoms with Crippen LogP contribution in [0.2, 0.25) is 0 Å². The Morgan fingerprint density at radius 3 is 2.36 bits per heavy atom. The molecule has 2 nitrogen and oxygen atoms in total. The van der Waals surface area contributed by atoms with Crippen LogP contribution in [0.1, 0.15) is 20.8 Å². The maximum atomic E-state index is 3.55. The fourth-order valence-corrected chi connectivity index (χ4v) is 1.48. The van der Waals surface area contributed by atoms with Crippen LogP contribution in [0, 0.1) is 5.41 Å². The summed E-state index contributed by atoms with van der Waals surface area (Å²) in [6.45, 7) is 10.4. The van der Waals surface area contributed by atoms with Gasteiger partial charge >= 0.3 is 0 Å². The summed E-state index contributed by atoms with van der Waals surface area (Å²) in [5.41, 5.74) is 0.398. The summed E-state index contributed by atoms with van der Waals surface area (Å²) in [7, 11) is 2.19. The molecule has 1 aliphatic rings. The summed E-state index contributed by atoms with van der Waals surface area (Å²) in [6.07, 6.45) is 0. The van der Waals surface area contributed by atoms with Gasteiger partial charge in [-0.15, -0.1) is 0 Å². The van der Waals surface area contributed by atoms with Crippen LogP contribution in [0.5, 0.6) is 0 Å². The van der Waals surface area contributed by atoms with Crippen molar-refractivity contribution in [1.82, 2.24) is 10.2 Å². The van der Waals surface area contributed by atoms with E-state index in [-0.39, 0.29) is 0 Å². The van der Waals surface area contributed by atoms with Crippen molar-refractivity contribution in [1.29, 1.82) is 0 Å². The second-order valence-electron chi connectivity index (χ2n) is 4.63. The van der Waals surface area contributed by atoms with Crippen LogP contribution >= 0.6 is 0 Å². The van der Waals surface area contributed by atoms with Crippen molar-refractivity contribution >= 4 is 0 Å². The monoisotopic (exact) mass is 156 g/mol. The zero-order chi connectivity index (χ0) is 8.48. The predicted octanol–water partition coefficient (Wildman–Crippen LogP) is 0.936. The molecule has 0 aromatic carbocycles. The minimum atomic E-state index is 0.398. The van der Waals surface area contributed by atoms with Crippen LogP contribution in [-0.2, 0) is 0 Å². The first kappa shape index (κ1) is 9.01. The van der Waals surface area contributed by atoms with Crippen molar-refractivity contribution in [2.75, 3.05) is 26.7 Å². The molecule has 0 amide bonds. The zero-order valence-electron chi connectivity index (χ0n) is 8.15. The number of rotatable bonds is 0. The highest BCUT2D eigenvalue weighted by Crippen LogP contribution is 2.20. The van der Waals surface area contributed by atoms with E-state index in [0.717, 1.165) is 6.54 Å². The van der Waals surface area contributed by atoms with Gasteiger partial charge in [-0.1, -0.05) is 20.8 Å². The van der Waals surface area contributed by atoms with Gasteiger partial charge in [0.15, 0.2) is 0 Å². The van der Waals surface area contributed by atoms with Gasteiger partial charge in [-0.2, -0.15) is 0 Å². The van der Waals surface area contributed by atoms with Crippen molar-refractivity contribution in [2.45, 2.75) is 26.8 Å². The van der Waals surface area contributed by atoms with Gasteiger partial charge in [0, 0.05) is 25.7 Å². The van der Waals surface area contributed by atoms with Crippen LogP contribution in [-0.4, -0.2) is 37.6 Å². The molecule has 0 bridgehead atoms. The van der Waals surface area contributed by atoms with Gasteiger partial charge in [0.2, 0.25) is 0 Å². The number of hydrogen-bond donors (Lipinski definition) is 1. The summed E-state index contributed by atoms with van der Waals surface area (Å²) in [5.74, 6) is 0. The van der Waals surface area contributed by atoms with E-state index in [9.17, 15) is 0 Å². The molecule has 1 heterocycles. The average molecular weight is 156 g/mol. The fourth-order valence-electron chi connectivity index (χ4n) is 1.48. The normalized spacial score (nSPS) is 28.9. The van der Waals surface area contributed by atoms with E-state index in [1.54, 1.807) is 0 Å². The molecule has 1 saturated heterocycles. The van der Waals surface area contributed by atoms with Crippen molar-refractivity contribution in [2.24, 2.45) is 5.41 Å². The minimum absolute atomic E-state index is 0.398. The lowest BCUT2D eigenvalue weighted by molar-refractivity contribution is 0.156. The molecule has 0 aliphatic carbocycles. The maximum absolute atomic E-state index is 3.55. The quantitative estimate of drug-likeness (QED) is 0.561. The van der Waals surface area contributed by atoms with Gasteiger partial charge in [-0.3, -0.25) is 0 Å². The SMILES string of the molecule is CN1CCN[C@@H](C(C)(C)C)C1. The lowest BCUT2D eigenvalue weighted by Crippen LogP contribution is -2.54. The van der Waals surface area contributed by atoms with Gasteiger partial charge in [0.05, 0.1) is 0 Å². The summed E-state index contributed by atoms with van der Waals surface area (Å²) >= 11 is 0. The first-order valence-corrected chi connectivity index (χ1v) is 4.42. The van der Waals surface area contributed by atoms with E-state index < -0.39 is 0 Å². The van der Waals surface area contributed by atoms with Crippen LogP contribution in [0.25, 0.3) is 0 Å². The summed E-state index contributed by atoms with van der Waals surface area (Å²) < 4.78 is 0. The number of hydrogen-bond acceptors (Lipinski definition) is 2. The predicted molar refractivity (Wildman–Crippen MR) is 48.7 cm³/mol. The second kappa shape index (κ2) is 3.11. The third-order valence-corrected chi connectivity index (χ3v) is 2.42. The Morgan fingerprint density at radius 2 is 2.00 bits per heavy atom. The molecule has 2 heteroatoms. The number of piperazine rings is 1. The molecule has 66 valence electrons. The molecule has 1 atom stereocenters. The second-order valence-corrected chi connectivity index (χ2v) is 4.63. The van der Waals surface area contributed by atoms with Gasteiger partial charge in [-0.25, -0.2) is 0 Å². The molecule has 1 rings (SSSR count). The van der Waals surface area contributed by atoms with E-state index in [2.05, 4.69) is 38.0 Å². The third kappa shape index (κ3) is 2.46. The lowest BCUT2D eigenvalue weighted by atomic mass is 9.85.